The molecule has 120 valence electrons. The molecule has 1 aliphatic heterocycles. The molecule has 0 aliphatic carbocycles. The molecule has 1 atom stereocenters. The van der Waals surface area contributed by atoms with Crippen molar-refractivity contribution in [3.05, 3.63) is 64.1 Å². The minimum absolute atomic E-state index is 0.103. The largest absolute Gasteiger partial charge is 0.380 e. The molecular formula is C18H18Cl2N2O. The Hall–Kier alpha value is -1.71. The van der Waals surface area contributed by atoms with Gasteiger partial charge in [-0.05, 0) is 36.2 Å². The number of nitrogens with one attached hydrogen (secondary N) is 1. The van der Waals surface area contributed by atoms with Crippen LogP contribution in [-0.2, 0) is 11.2 Å². The third-order valence-electron chi connectivity index (χ3n) is 4.04. The van der Waals surface area contributed by atoms with Gasteiger partial charge in [0.25, 0.3) is 0 Å². The molecule has 1 N–H and O–H groups in total. The molecule has 1 fully saturated rings. The van der Waals surface area contributed by atoms with Crippen LogP contribution in [-0.4, -0.2) is 29.9 Å². The molecule has 3 rings (SSSR count). The van der Waals surface area contributed by atoms with E-state index in [4.69, 9.17) is 23.2 Å². The Labute approximate surface area is 146 Å². The zero-order valence-electron chi connectivity index (χ0n) is 12.6. The van der Waals surface area contributed by atoms with Crippen molar-refractivity contribution in [2.24, 2.45) is 0 Å². The summed E-state index contributed by atoms with van der Waals surface area (Å²) in [6, 6.07) is 15.6. The van der Waals surface area contributed by atoms with Gasteiger partial charge >= 0.3 is 0 Å². The summed E-state index contributed by atoms with van der Waals surface area (Å²) in [6.45, 7) is 1.49. The molecule has 0 bridgehead atoms. The van der Waals surface area contributed by atoms with Crippen LogP contribution in [0.15, 0.2) is 48.5 Å². The van der Waals surface area contributed by atoms with Gasteiger partial charge in [0, 0.05) is 34.9 Å². The van der Waals surface area contributed by atoms with Crippen LogP contribution in [0, 0.1) is 0 Å². The number of nitrogens with zero attached hydrogens (tertiary/aromatic N) is 1. The van der Waals surface area contributed by atoms with Crippen molar-refractivity contribution >= 4 is 34.8 Å². The highest BCUT2D eigenvalue weighted by molar-refractivity contribution is 6.35. The minimum atomic E-state index is 0.103. The van der Waals surface area contributed by atoms with Crippen molar-refractivity contribution in [1.29, 1.82) is 0 Å². The van der Waals surface area contributed by atoms with Gasteiger partial charge in [-0.2, -0.15) is 0 Å². The van der Waals surface area contributed by atoms with Crippen LogP contribution < -0.4 is 5.32 Å². The Morgan fingerprint density at radius 2 is 1.96 bits per heavy atom. The van der Waals surface area contributed by atoms with Gasteiger partial charge < -0.3 is 10.2 Å². The number of rotatable bonds is 4. The smallest absolute Gasteiger partial charge is 0.227 e. The van der Waals surface area contributed by atoms with E-state index in [1.54, 1.807) is 12.1 Å². The molecule has 0 radical (unpaired) electrons. The van der Waals surface area contributed by atoms with Gasteiger partial charge in [-0.1, -0.05) is 47.5 Å². The lowest BCUT2D eigenvalue weighted by atomic mass is 10.1. The molecule has 0 saturated carbocycles. The lowest BCUT2D eigenvalue weighted by molar-refractivity contribution is -0.129. The number of hydrogen-bond acceptors (Lipinski definition) is 2. The average molecular weight is 349 g/mol. The van der Waals surface area contributed by atoms with Gasteiger partial charge in [0.05, 0.1) is 6.42 Å². The van der Waals surface area contributed by atoms with Crippen molar-refractivity contribution in [2.45, 2.75) is 18.9 Å². The summed E-state index contributed by atoms with van der Waals surface area (Å²) in [5.74, 6) is 0.103. The molecule has 1 aliphatic rings. The second-order valence-electron chi connectivity index (χ2n) is 5.75. The fraction of sp³-hybridized carbons (Fsp3) is 0.278. The maximum atomic E-state index is 12.5. The minimum Gasteiger partial charge on any atom is -0.380 e. The maximum Gasteiger partial charge on any atom is 0.227 e. The van der Waals surface area contributed by atoms with E-state index in [2.05, 4.69) is 5.32 Å². The third-order valence-corrected chi connectivity index (χ3v) is 4.63. The number of para-hydroxylation sites is 1. The zero-order valence-corrected chi connectivity index (χ0v) is 14.1. The first-order chi connectivity index (χ1) is 11.1. The van der Waals surface area contributed by atoms with E-state index in [1.165, 1.54) is 0 Å². The van der Waals surface area contributed by atoms with Crippen molar-refractivity contribution in [1.82, 2.24) is 4.90 Å². The Morgan fingerprint density at radius 3 is 2.70 bits per heavy atom. The Kier molecular flexibility index (Phi) is 5.09. The summed E-state index contributed by atoms with van der Waals surface area (Å²) >= 11 is 12.0. The van der Waals surface area contributed by atoms with Crippen LogP contribution in [0.25, 0.3) is 0 Å². The topological polar surface area (TPSA) is 32.3 Å². The average Bonchev–Trinajstić information content (AvgIpc) is 3.00. The van der Waals surface area contributed by atoms with Crippen molar-refractivity contribution in [2.75, 3.05) is 18.4 Å². The molecule has 0 aromatic heterocycles. The second-order valence-corrected chi connectivity index (χ2v) is 6.59. The molecule has 3 nitrogen and oxygen atoms in total. The van der Waals surface area contributed by atoms with Crippen LogP contribution in [0.1, 0.15) is 12.0 Å². The molecule has 2 aromatic rings. The Balaban J connectivity index is 1.57. The number of anilines is 1. The first-order valence-corrected chi connectivity index (χ1v) is 8.41. The summed E-state index contributed by atoms with van der Waals surface area (Å²) in [7, 11) is 0. The van der Waals surface area contributed by atoms with Gasteiger partial charge in [0.15, 0.2) is 0 Å². The van der Waals surface area contributed by atoms with Gasteiger partial charge in [-0.15, -0.1) is 0 Å². The number of hydrogen-bond donors (Lipinski definition) is 1. The molecule has 1 unspecified atom stereocenters. The van der Waals surface area contributed by atoms with E-state index in [-0.39, 0.29) is 5.91 Å². The summed E-state index contributed by atoms with van der Waals surface area (Å²) in [5, 5.41) is 4.60. The van der Waals surface area contributed by atoms with Crippen LogP contribution >= 0.6 is 23.2 Å². The van der Waals surface area contributed by atoms with Gasteiger partial charge in [-0.3, -0.25) is 4.79 Å². The highest BCUT2D eigenvalue weighted by atomic mass is 35.5. The first kappa shape index (κ1) is 16.2. The highest BCUT2D eigenvalue weighted by Gasteiger charge is 2.26. The molecule has 1 heterocycles. The lowest BCUT2D eigenvalue weighted by Crippen LogP contribution is -2.32. The van der Waals surface area contributed by atoms with Gasteiger partial charge in [0.2, 0.25) is 5.91 Å². The molecule has 23 heavy (non-hydrogen) atoms. The first-order valence-electron chi connectivity index (χ1n) is 7.65. The number of halogens is 2. The zero-order chi connectivity index (χ0) is 16.2. The number of carbonyl (C=O) groups excluding carboxylic acids is 1. The number of carbonyl (C=O) groups is 1. The van der Waals surface area contributed by atoms with E-state index in [1.807, 2.05) is 41.3 Å². The van der Waals surface area contributed by atoms with Gasteiger partial charge in [-0.25, -0.2) is 0 Å². The fourth-order valence-corrected chi connectivity index (χ4v) is 3.29. The third kappa shape index (κ3) is 4.18. The van der Waals surface area contributed by atoms with Crippen LogP contribution in [0.5, 0.6) is 0 Å². The van der Waals surface area contributed by atoms with E-state index < -0.39 is 0 Å². The maximum absolute atomic E-state index is 12.5. The van der Waals surface area contributed by atoms with Gasteiger partial charge in [0.1, 0.15) is 0 Å². The lowest BCUT2D eigenvalue weighted by Gasteiger charge is -2.18. The highest BCUT2D eigenvalue weighted by Crippen LogP contribution is 2.23. The Bertz CT molecular complexity index is 691. The normalized spacial score (nSPS) is 17.3. The van der Waals surface area contributed by atoms with Crippen molar-refractivity contribution < 1.29 is 4.79 Å². The number of likely N-dealkylation sites (tertiary alicyclic amines) is 1. The standard InChI is InChI=1S/C18H18Cl2N2O/c19-14-7-6-13(17(20)11-14)10-18(23)22-9-8-16(12-22)21-15-4-2-1-3-5-15/h1-7,11,16,21H,8-10,12H2. The van der Waals surface area contributed by atoms with E-state index in [9.17, 15) is 4.79 Å². The monoisotopic (exact) mass is 348 g/mol. The molecule has 2 aromatic carbocycles. The summed E-state index contributed by atoms with van der Waals surface area (Å²) < 4.78 is 0. The van der Waals surface area contributed by atoms with Crippen LogP contribution in [0.2, 0.25) is 10.0 Å². The fourth-order valence-electron chi connectivity index (χ4n) is 2.81. The molecule has 1 amide bonds. The molecular weight excluding hydrogens is 331 g/mol. The molecule has 5 heteroatoms. The van der Waals surface area contributed by atoms with E-state index in [0.717, 1.165) is 30.8 Å². The number of benzene rings is 2. The van der Waals surface area contributed by atoms with Crippen LogP contribution in [0.3, 0.4) is 0 Å². The van der Waals surface area contributed by atoms with E-state index in [0.29, 0.717) is 22.5 Å². The molecule has 1 saturated heterocycles. The van der Waals surface area contributed by atoms with Crippen molar-refractivity contribution in [3.63, 3.8) is 0 Å². The summed E-state index contributed by atoms with van der Waals surface area (Å²) in [4.78, 5) is 14.4. The SMILES string of the molecule is O=C(Cc1ccc(Cl)cc1Cl)N1CCC(Nc2ccccc2)C1. The predicted molar refractivity (Wildman–Crippen MR) is 95.2 cm³/mol. The summed E-state index contributed by atoms with van der Waals surface area (Å²) in [5.41, 5.74) is 1.91. The molecule has 0 spiro atoms. The second kappa shape index (κ2) is 7.24. The van der Waals surface area contributed by atoms with Crippen molar-refractivity contribution in [3.8, 4) is 0 Å². The van der Waals surface area contributed by atoms with Crippen LogP contribution in [0.4, 0.5) is 5.69 Å². The quantitative estimate of drug-likeness (QED) is 0.895. The Morgan fingerprint density at radius 1 is 1.17 bits per heavy atom. The summed E-state index contributed by atoms with van der Waals surface area (Å²) in [6.07, 6.45) is 1.27. The number of amides is 1. The van der Waals surface area contributed by atoms with E-state index >= 15 is 0 Å². The predicted octanol–water partition coefficient (Wildman–Crippen LogP) is 4.25.